The molecule has 0 unspecified atom stereocenters. The maximum Gasteiger partial charge on any atom is 0.242 e. The van der Waals surface area contributed by atoms with Gasteiger partial charge in [-0.2, -0.15) is 0 Å². The molecule has 0 radical (unpaired) electrons. The van der Waals surface area contributed by atoms with E-state index in [4.69, 9.17) is 0 Å². The molecule has 2 aromatic heterocycles. The molecular weight excluding hydrogens is 296 g/mol. The molecule has 0 saturated heterocycles. The van der Waals surface area contributed by atoms with Crippen molar-refractivity contribution in [1.82, 2.24) is 14.7 Å². The van der Waals surface area contributed by atoms with Crippen LogP contribution in [0.25, 0.3) is 0 Å². The summed E-state index contributed by atoms with van der Waals surface area (Å²) >= 11 is 1.49. The summed E-state index contributed by atoms with van der Waals surface area (Å²) in [6.45, 7) is 3.01. The lowest BCUT2D eigenvalue weighted by molar-refractivity contribution is 0.581. The maximum absolute atomic E-state index is 12.0. The molecule has 0 aliphatic heterocycles. The van der Waals surface area contributed by atoms with E-state index in [0.717, 1.165) is 12.2 Å². The van der Waals surface area contributed by atoms with E-state index in [1.54, 1.807) is 11.6 Å². The summed E-state index contributed by atoms with van der Waals surface area (Å²) in [5.74, 6) is 0.661. The lowest BCUT2D eigenvalue weighted by atomic mass is 10.3. The molecule has 2 heterocycles. The lowest BCUT2D eigenvalue weighted by Crippen LogP contribution is -2.26. The van der Waals surface area contributed by atoms with Crippen LogP contribution in [0.3, 0.4) is 0 Å². The monoisotopic (exact) mass is 312 g/mol. The summed E-state index contributed by atoms with van der Waals surface area (Å²) in [5.41, 5.74) is 2.62. The zero-order chi connectivity index (χ0) is 14.4. The average molecular weight is 312 g/mol. The van der Waals surface area contributed by atoms with Crippen molar-refractivity contribution in [2.75, 3.05) is 18.4 Å². The number of hydrogen-bond donors (Lipinski definition) is 2. The predicted molar refractivity (Wildman–Crippen MR) is 79.4 cm³/mol. The zero-order valence-corrected chi connectivity index (χ0v) is 12.7. The summed E-state index contributed by atoms with van der Waals surface area (Å²) in [7, 11) is -3.51. The van der Waals surface area contributed by atoms with Crippen molar-refractivity contribution in [2.45, 2.75) is 18.2 Å². The first-order valence-corrected chi connectivity index (χ1v) is 8.61. The molecule has 0 aliphatic carbocycles. The van der Waals surface area contributed by atoms with Crippen molar-refractivity contribution in [3.05, 3.63) is 34.9 Å². The Morgan fingerprint density at radius 2 is 2.15 bits per heavy atom. The number of nitrogens with one attached hydrogen (secondary N) is 2. The van der Waals surface area contributed by atoms with Crippen molar-refractivity contribution in [3.63, 3.8) is 0 Å². The smallest absolute Gasteiger partial charge is 0.242 e. The molecule has 6 nitrogen and oxygen atoms in total. The van der Waals surface area contributed by atoms with Crippen LogP contribution in [0, 0.1) is 0 Å². The number of aromatic nitrogens is 2. The van der Waals surface area contributed by atoms with Gasteiger partial charge in [0, 0.05) is 31.1 Å². The molecule has 0 saturated carbocycles. The van der Waals surface area contributed by atoms with E-state index < -0.39 is 10.0 Å². The Balaban J connectivity index is 1.95. The molecule has 0 amide bonds. The van der Waals surface area contributed by atoms with Gasteiger partial charge in [0.15, 0.2) is 0 Å². The van der Waals surface area contributed by atoms with Crippen LogP contribution in [-0.2, 0) is 16.4 Å². The van der Waals surface area contributed by atoms with Crippen LogP contribution in [0.5, 0.6) is 0 Å². The van der Waals surface area contributed by atoms with E-state index in [2.05, 4.69) is 20.0 Å². The molecule has 2 N–H and O–H groups in total. The number of hydrogen-bond acceptors (Lipinski definition) is 6. The van der Waals surface area contributed by atoms with E-state index in [1.807, 2.05) is 12.3 Å². The minimum absolute atomic E-state index is 0.164. The Morgan fingerprint density at radius 1 is 1.30 bits per heavy atom. The molecule has 0 aromatic carbocycles. The Morgan fingerprint density at radius 3 is 2.75 bits per heavy atom. The fourth-order valence-corrected chi connectivity index (χ4v) is 3.15. The van der Waals surface area contributed by atoms with Crippen molar-refractivity contribution < 1.29 is 8.42 Å². The van der Waals surface area contributed by atoms with Gasteiger partial charge in [-0.05, 0) is 19.1 Å². The molecule has 108 valence electrons. The highest BCUT2D eigenvalue weighted by Gasteiger charge is 2.13. The minimum Gasteiger partial charge on any atom is -0.370 e. The van der Waals surface area contributed by atoms with Crippen molar-refractivity contribution >= 4 is 27.2 Å². The topological polar surface area (TPSA) is 84.0 Å². The van der Waals surface area contributed by atoms with E-state index in [-0.39, 0.29) is 4.90 Å². The number of pyridine rings is 1. The van der Waals surface area contributed by atoms with Crippen molar-refractivity contribution in [2.24, 2.45) is 0 Å². The van der Waals surface area contributed by atoms with Crippen LogP contribution >= 0.6 is 11.3 Å². The molecule has 0 fully saturated rings. The van der Waals surface area contributed by atoms with Gasteiger partial charge in [0.1, 0.15) is 10.7 Å². The van der Waals surface area contributed by atoms with Gasteiger partial charge in [0.2, 0.25) is 10.0 Å². The molecule has 0 atom stereocenters. The van der Waals surface area contributed by atoms with Crippen LogP contribution in [0.1, 0.15) is 12.6 Å². The summed E-state index contributed by atoms with van der Waals surface area (Å²) in [5, 5.41) is 4.92. The van der Waals surface area contributed by atoms with Gasteiger partial charge in [-0.25, -0.2) is 23.1 Å². The highest BCUT2D eigenvalue weighted by Crippen LogP contribution is 2.10. The van der Waals surface area contributed by atoms with Crippen LogP contribution in [0.15, 0.2) is 34.1 Å². The van der Waals surface area contributed by atoms with E-state index in [1.165, 1.54) is 23.6 Å². The normalized spacial score (nSPS) is 11.4. The molecule has 20 heavy (non-hydrogen) atoms. The zero-order valence-electron chi connectivity index (χ0n) is 11.0. The molecule has 0 aliphatic rings. The number of thiazole rings is 1. The van der Waals surface area contributed by atoms with Crippen molar-refractivity contribution in [3.8, 4) is 0 Å². The maximum atomic E-state index is 12.0. The van der Waals surface area contributed by atoms with Gasteiger partial charge < -0.3 is 5.32 Å². The summed E-state index contributed by atoms with van der Waals surface area (Å²) < 4.78 is 26.6. The first kappa shape index (κ1) is 14.9. The Hall–Kier alpha value is -1.51. The Labute approximate surface area is 122 Å². The van der Waals surface area contributed by atoms with E-state index in [9.17, 15) is 8.42 Å². The van der Waals surface area contributed by atoms with Gasteiger partial charge in [-0.1, -0.05) is 0 Å². The molecule has 2 aromatic rings. The van der Waals surface area contributed by atoms with Crippen molar-refractivity contribution in [1.29, 1.82) is 0 Å². The summed E-state index contributed by atoms with van der Waals surface area (Å²) in [6, 6.07) is 3.19. The number of anilines is 1. The summed E-state index contributed by atoms with van der Waals surface area (Å²) in [4.78, 5) is 8.32. The fraction of sp³-hybridized carbons (Fsp3) is 0.333. The van der Waals surface area contributed by atoms with Crippen LogP contribution in [-0.4, -0.2) is 31.5 Å². The Bertz CT molecular complexity index is 624. The Kier molecular flexibility index (Phi) is 5.05. The number of nitrogens with zero attached hydrogens (tertiary/aromatic N) is 2. The summed E-state index contributed by atoms with van der Waals surface area (Å²) in [6.07, 6.45) is 1.93. The largest absolute Gasteiger partial charge is 0.370 e. The van der Waals surface area contributed by atoms with Gasteiger partial charge in [0.05, 0.1) is 11.2 Å². The van der Waals surface area contributed by atoms with Gasteiger partial charge in [-0.3, -0.25) is 0 Å². The molecule has 0 spiro atoms. The van der Waals surface area contributed by atoms with Crippen LogP contribution in [0.4, 0.5) is 5.82 Å². The molecule has 0 bridgehead atoms. The number of sulfonamides is 1. The second-order valence-electron chi connectivity index (χ2n) is 4.04. The van der Waals surface area contributed by atoms with Crippen LogP contribution in [0.2, 0.25) is 0 Å². The standard InChI is InChI=1S/C12H16N4O2S2/c1-2-13-12-4-3-11(7-14-12)20(17,18)16-6-5-10-8-19-9-15-10/h3-4,7-9,16H,2,5-6H2,1H3,(H,13,14). The minimum atomic E-state index is -3.51. The second kappa shape index (κ2) is 6.78. The quantitative estimate of drug-likeness (QED) is 0.809. The third kappa shape index (κ3) is 3.99. The third-order valence-electron chi connectivity index (χ3n) is 2.56. The third-order valence-corrected chi connectivity index (χ3v) is 4.64. The second-order valence-corrected chi connectivity index (χ2v) is 6.52. The lowest BCUT2D eigenvalue weighted by Gasteiger charge is -2.07. The molecule has 8 heteroatoms. The number of rotatable bonds is 7. The van der Waals surface area contributed by atoms with Gasteiger partial charge in [0.25, 0.3) is 0 Å². The highest BCUT2D eigenvalue weighted by atomic mass is 32.2. The predicted octanol–water partition coefficient (Wildman–Crippen LogP) is 1.49. The fourth-order valence-electron chi connectivity index (χ4n) is 1.58. The SMILES string of the molecule is CCNc1ccc(S(=O)(=O)NCCc2cscn2)cn1. The molecule has 2 rings (SSSR count). The first-order chi connectivity index (χ1) is 9.62. The average Bonchev–Trinajstić information content (AvgIpc) is 2.93. The van der Waals surface area contributed by atoms with Gasteiger partial charge in [-0.15, -0.1) is 11.3 Å². The van der Waals surface area contributed by atoms with E-state index in [0.29, 0.717) is 18.8 Å². The van der Waals surface area contributed by atoms with Gasteiger partial charge >= 0.3 is 0 Å². The first-order valence-electron chi connectivity index (χ1n) is 6.18. The molecular formula is C12H16N4O2S2. The highest BCUT2D eigenvalue weighted by molar-refractivity contribution is 7.89. The van der Waals surface area contributed by atoms with Crippen LogP contribution < -0.4 is 10.0 Å². The van der Waals surface area contributed by atoms with E-state index >= 15 is 0 Å².